The van der Waals surface area contributed by atoms with Crippen molar-refractivity contribution in [2.75, 3.05) is 28.7 Å². The average Bonchev–Trinajstić information content (AvgIpc) is 1.71. The Morgan fingerprint density at radius 2 is 0.817 bits per heavy atom. The molecule has 0 saturated carbocycles. The summed E-state index contributed by atoms with van der Waals surface area (Å²) in [4.78, 5) is 38.0. The van der Waals surface area contributed by atoms with E-state index in [0.717, 1.165) is 40.5 Å². The van der Waals surface area contributed by atoms with E-state index in [2.05, 4.69) is 46.2 Å². The quantitative estimate of drug-likeness (QED) is 0.0360. The predicted octanol–water partition coefficient (Wildman–Crippen LogP) is 17.9. The third-order valence-corrected chi connectivity index (χ3v) is 14.8. The van der Waals surface area contributed by atoms with Crippen LogP contribution < -0.4 is 28.7 Å². The molecule has 11 rings (SSSR count). The van der Waals surface area contributed by atoms with Crippen LogP contribution in [0.2, 0.25) is 10.3 Å². The van der Waals surface area contributed by atoms with Gasteiger partial charge in [0.15, 0.2) is 29.0 Å². The molecule has 15 nitrogen and oxygen atoms in total. The second kappa shape index (κ2) is 32.6. The molecule has 10 N–H and O–H groups in total. The summed E-state index contributed by atoms with van der Waals surface area (Å²) in [5, 5.41) is 8.61. The van der Waals surface area contributed by atoms with Crippen molar-refractivity contribution in [3.63, 3.8) is 0 Å². The van der Waals surface area contributed by atoms with Crippen molar-refractivity contribution >= 4 is 124 Å². The number of nitrogens with two attached hydrogens (primary N) is 5. The van der Waals surface area contributed by atoms with Crippen molar-refractivity contribution in [1.29, 1.82) is 0 Å². The molecule has 0 atom stereocenters. The molecule has 7 aromatic carbocycles. The van der Waals surface area contributed by atoms with Crippen LogP contribution in [0.3, 0.4) is 0 Å². The number of aryl methyl sites for hydroxylation is 8. The fourth-order valence-corrected chi connectivity index (χ4v) is 9.82. The Kier molecular flexibility index (Phi) is 26.2. The highest BCUT2D eigenvalue weighted by Gasteiger charge is 2.22. The van der Waals surface area contributed by atoms with Crippen molar-refractivity contribution in [2.45, 2.75) is 69.2 Å². The second-order valence-corrected chi connectivity index (χ2v) is 22.9. The van der Waals surface area contributed by atoms with E-state index in [4.69, 9.17) is 60.9 Å². The molecular weight excluding hydrogens is 1450 g/mol. The van der Waals surface area contributed by atoms with Crippen molar-refractivity contribution in [1.82, 2.24) is 30.2 Å². The zero-order valence-electron chi connectivity index (χ0n) is 50.7. The Morgan fingerprint density at radius 1 is 0.441 bits per heavy atom. The fraction of sp³-hybridized carbons (Fsp3) is 0.156. The monoisotopic (exact) mass is 1510 g/mol. The van der Waals surface area contributed by atoms with E-state index in [0.29, 0.717) is 64.7 Å². The Labute approximate surface area is 557 Å². The summed E-state index contributed by atoms with van der Waals surface area (Å²) in [7, 11) is 0. The van der Waals surface area contributed by atoms with Gasteiger partial charge >= 0.3 is 0 Å². The van der Waals surface area contributed by atoms with Crippen molar-refractivity contribution in [3.05, 3.63) is 224 Å². The number of ketones is 2. The largest absolute Gasteiger partial charge is 0.396 e. The fourth-order valence-electron chi connectivity index (χ4n) is 8.10. The predicted molar refractivity (Wildman–Crippen MR) is 352 cm³/mol. The van der Waals surface area contributed by atoms with Gasteiger partial charge in [-0.2, -0.15) is 9.97 Å². The van der Waals surface area contributed by atoms with Gasteiger partial charge in [-0.1, -0.05) is 39.6 Å². The van der Waals surface area contributed by atoms with E-state index in [1.165, 1.54) is 50.2 Å². The zero-order chi connectivity index (χ0) is 69.8. The molecule has 93 heavy (non-hydrogen) atoms. The Balaban J connectivity index is 0.000000202. The van der Waals surface area contributed by atoms with E-state index in [1.54, 1.807) is 74.6 Å². The molecule has 488 valence electrons. The highest BCUT2D eigenvalue weighted by molar-refractivity contribution is 14.1. The molecule has 4 aromatic heterocycles. The molecule has 0 aliphatic heterocycles. The lowest BCUT2D eigenvalue weighted by Gasteiger charge is -2.09. The highest BCUT2D eigenvalue weighted by atomic mass is 127. The summed E-state index contributed by atoms with van der Waals surface area (Å²) >= 11 is 17.1. The maximum absolute atomic E-state index is 14.0. The number of rotatable bonds is 4. The molecule has 0 spiro atoms. The molecule has 0 saturated heterocycles. The molecule has 4 heterocycles. The summed E-state index contributed by atoms with van der Waals surface area (Å²) in [6.45, 7) is 16.6. The summed E-state index contributed by atoms with van der Waals surface area (Å²) < 4.78 is 140. The summed E-state index contributed by atoms with van der Waals surface area (Å²) in [5.41, 5.74) is 32.2. The topological polar surface area (TPSA) is 268 Å². The van der Waals surface area contributed by atoms with Crippen LogP contribution in [-0.4, -0.2) is 41.8 Å². The zero-order valence-corrected chi connectivity index (χ0v) is 55.9. The maximum atomic E-state index is 14.0. The van der Waals surface area contributed by atoms with Crippen LogP contribution in [-0.2, 0) is 0 Å². The van der Waals surface area contributed by atoms with Gasteiger partial charge in [0.05, 0.1) is 39.6 Å². The standard InChI is InChI=1S/C14H11ClFN3O.C13H8ClF2N3O.C9H10FNO.C8H7F2NO.C7H7BrFN.C7H8FN.C6H4F2IN/c1-6-4-9-7(2)11(14-17-8(3)19-20-14)13(15)18-12(9)10(16)5-6;1-5-8-3-7(15)4-9(16)11(8)18-12(14)10(5)13-17-6(2)19-20-13;1-5-3-7(6(2)12)9(11)8(10)4-5;1-4(12)6-2-5(9)3-7(10)8(6)11;1-4-2-5(8)7(10)6(9)3-4;1-5-2-3-7(9)6(8)4-5;7-3-1-4(8)6(10)5(9)2-3/h4-5H,1-3H3;3-4H,1-2H3;3-4H,11H2,1-2H3;2-3H,11H2,1H3;2-3H,10H2,1H3;2-4H,9H2,1H3;1-2H,10H2. The minimum absolute atomic E-state index is 0.00185. The highest BCUT2D eigenvalue weighted by Crippen LogP contribution is 2.37. The number of Topliss-reactive ketones (excluding diaryl/α,β-unsaturated/α-hetero) is 2. The molecule has 11 aromatic rings. The number of fused-ring (bicyclic) bond motifs is 2. The van der Waals surface area contributed by atoms with Crippen molar-refractivity contribution < 1.29 is 62.5 Å². The van der Waals surface area contributed by atoms with Gasteiger partial charge in [0.2, 0.25) is 0 Å². The lowest BCUT2D eigenvalue weighted by atomic mass is 10.0. The number of hydrogen-bond acceptors (Lipinski definition) is 15. The van der Waals surface area contributed by atoms with E-state index in [9.17, 15) is 53.5 Å². The first kappa shape index (κ1) is 74.8. The van der Waals surface area contributed by atoms with Crippen LogP contribution >= 0.6 is 61.7 Å². The lowest BCUT2D eigenvalue weighted by molar-refractivity contribution is 0.100. The van der Waals surface area contributed by atoms with Gasteiger partial charge < -0.3 is 37.7 Å². The molecule has 0 fully saturated rings. The van der Waals surface area contributed by atoms with Crippen LogP contribution in [0.25, 0.3) is 44.7 Å². The van der Waals surface area contributed by atoms with Gasteiger partial charge in [-0.3, -0.25) is 9.59 Å². The first-order valence-electron chi connectivity index (χ1n) is 26.7. The van der Waals surface area contributed by atoms with Gasteiger partial charge in [0.1, 0.15) is 73.7 Å². The Morgan fingerprint density at radius 3 is 1.26 bits per heavy atom. The molecule has 0 aliphatic carbocycles. The minimum atomic E-state index is -0.903. The molecule has 0 unspecified atom stereocenters. The van der Waals surface area contributed by atoms with Crippen LogP contribution in [0.4, 0.5) is 72.3 Å². The average molecular weight is 1510 g/mol. The van der Waals surface area contributed by atoms with Gasteiger partial charge in [-0.05, 0) is 208 Å². The number of nitrogen functional groups attached to an aromatic ring is 5. The molecule has 0 radical (unpaired) electrons. The number of benzene rings is 7. The maximum Gasteiger partial charge on any atom is 0.261 e. The van der Waals surface area contributed by atoms with E-state index in [-0.39, 0.29) is 84.2 Å². The summed E-state index contributed by atoms with van der Waals surface area (Å²) in [6, 6.07) is 19.6. The van der Waals surface area contributed by atoms with Crippen LogP contribution in [0, 0.1) is 117 Å². The Bertz CT molecular complexity index is 4310. The first-order valence-corrected chi connectivity index (χ1v) is 29.3. The number of pyridine rings is 2. The number of halogens is 14. The first-order chi connectivity index (χ1) is 43.4. The van der Waals surface area contributed by atoms with E-state index in [1.807, 2.05) is 33.8 Å². The SMILES string of the molecule is CC(=O)c1cc(C)cc(F)c1N.CC(=O)c1cc(F)cc(F)c1N.Cc1cc(F)c(N)c(Br)c1.Cc1cc(F)c2nc(Cl)c(-c3nc(C)no3)c(C)c2c1.Cc1ccc(N)c(F)c1.Cc1noc(-c2c(Cl)nc3c(F)cc(F)cc3c2C)n1.Nc1c(F)cc(F)cc1I. The number of carbonyl (C=O) groups is 2. The number of hydrogen-bond donors (Lipinski definition) is 5. The Hall–Kier alpha value is -8.93. The summed E-state index contributed by atoms with van der Waals surface area (Å²) in [5.74, 6) is -5.35. The second-order valence-electron chi connectivity index (χ2n) is 20.1. The molecular formula is C64H55BrCl2F10IN11O4. The third kappa shape index (κ3) is 19.8. The number of nitrogens with zero attached hydrogens (tertiary/aromatic N) is 6. The number of aromatic nitrogens is 6. The summed E-state index contributed by atoms with van der Waals surface area (Å²) in [6.07, 6.45) is 0. The molecule has 0 amide bonds. The van der Waals surface area contributed by atoms with Gasteiger partial charge in [-0.15, -0.1) is 0 Å². The molecule has 0 aliphatic rings. The molecule has 0 bridgehead atoms. The smallest absolute Gasteiger partial charge is 0.261 e. The van der Waals surface area contributed by atoms with Crippen LogP contribution in [0.15, 0.2) is 105 Å². The number of anilines is 5. The van der Waals surface area contributed by atoms with Gasteiger partial charge in [0.25, 0.3) is 11.8 Å². The van der Waals surface area contributed by atoms with Crippen molar-refractivity contribution in [3.8, 4) is 22.9 Å². The normalized spacial score (nSPS) is 10.5. The molecule has 29 heteroatoms. The van der Waals surface area contributed by atoms with Crippen LogP contribution in [0.1, 0.15) is 79.6 Å². The number of carbonyl (C=O) groups excluding carboxylic acids is 2. The van der Waals surface area contributed by atoms with E-state index < -0.39 is 52.3 Å². The lowest BCUT2D eigenvalue weighted by Crippen LogP contribution is -2.03. The van der Waals surface area contributed by atoms with Crippen LogP contribution in [0.5, 0.6) is 0 Å². The van der Waals surface area contributed by atoms with Gasteiger partial charge in [0, 0.05) is 48.1 Å². The third-order valence-electron chi connectivity index (χ3n) is 12.7. The van der Waals surface area contributed by atoms with E-state index >= 15 is 0 Å². The van der Waals surface area contributed by atoms with Crippen molar-refractivity contribution in [2.24, 2.45) is 0 Å². The minimum Gasteiger partial charge on any atom is -0.396 e. The van der Waals surface area contributed by atoms with Gasteiger partial charge in [-0.25, -0.2) is 53.9 Å².